The molecule has 0 bridgehead atoms. The molecule has 1 heterocycles. The van der Waals surface area contributed by atoms with E-state index >= 15 is 0 Å². The van der Waals surface area contributed by atoms with Gasteiger partial charge in [0.15, 0.2) is 6.61 Å². The van der Waals surface area contributed by atoms with Gasteiger partial charge in [0.1, 0.15) is 5.75 Å². The van der Waals surface area contributed by atoms with E-state index < -0.39 is 12.6 Å². The van der Waals surface area contributed by atoms with Gasteiger partial charge in [-0.1, -0.05) is 35.5 Å². The second-order valence-electron chi connectivity index (χ2n) is 6.22. The van der Waals surface area contributed by atoms with Gasteiger partial charge >= 0.3 is 12.6 Å². The van der Waals surface area contributed by atoms with Gasteiger partial charge in [-0.15, -0.1) is 0 Å². The highest BCUT2D eigenvalue weighted by Gasteiger charge is 2.20. The molecule has 0 spiro atoms. The van der Waals surface area contributed by atoms with Crippen molar-refractivity contribution in [2.24, 2.45) is 5.16 Å². The van der Waals surface area contributed by atoms with Crippen molar-refractivity contribution in [2.75, 3.05) is 6.61 Å². The summed E-state index contributed by atoms with van der Waals surface area (Å²) in [5.74, 6) is -0.516. The number of fused-ring (bicyclic) bond motifs is 1. The molecule has 8 heteroatoms. The third kappa shape index (κ3) is 4.89. The molecule has 1 aromatic heterocycles. The Morgan fingerprint density at radius 3 is 2.67 bits per heavy atom. The van der Waals surface area contributed by atoms with Gasteiger partial charge in [-0.25, -0.2) is 9.78 Å². The molecule has 0 radical (unpaired) electrons. The number of hydrogen-bond acceptors (Lipinski definition) is 6. The summed E-state index contributed by atoms with van der Waals surface area (Å²) in [6, 6.07) is 13.6. The fourth-order valence-electron chi connectivity index (χ4n) is 3.00. The normalized spacial score (nSPS) is 11.2. The maximum Gasteiger partial charge on any atom is 0.387 e. The van der Waals surface area contributed by atoms with Crippen molar-refractivity contribution in [3.05, 3.63) is 70.9 Å². The third-order valence-electron chi connectivity index (χ3n) is 4.31. The predicted octanol–water partition coefficient (Wildman–Crippen LogP) is 4.87. The highest BCUT2D eigenvalue weighted by molar-refractivity contribution is 5.98. The molecule has 0 amide bonds. The minimum absolute atomic E-state index is 0.0215. The second-order valence-corrected chi connectivity index (χ2v) is 6.22. The average Bonchev–Trinajstić information content (AvgIpc) is 2.72. The fourth-order valence-corrected chi connectivity index (χ4v) is 3.00. The van der Waals surface area contributed by atoms with Crippen molar-refractivity contribution in [1.29, 1.82) is 0 Å². The van der Waals surface area contributed by atoms with Crippen molar-refractivity contribution in [1.82, 2.24) is 4.98 Å². The number of halogens is 2. The van der Waals surface area contributed by atoms with Crippen LogP contribution in [-0.2, 0) is 16.2 Å². The van der Waals surface area contributed by atoms with Crippen molar-refractivity contribution in [3.8, 4) is 5.75 Å². The summed E-state index contributed by atoms with van der Waals surface area (Å²) < 4.78 is 34.6. The number of hydrogen-bond donors (Lipinski definition) is 0. The smallest absolute Gasteiger partial charge is 0.387 e. The van der Waals surface area contributed by atoms with Crippen molar-refractivity contribution in [2.45, 2.75) is 27.1 Å². The summed E-state index contributed by atoms with van der Waals surface area (Å²) in [5.41, 5.74) is 2.47. The van der Waals surface area contributed by atoms with Crippen LogP contribution in [-0.4, -0.2) is 30.4 Å². The van der Waals surface area contributed by atoms with Crippen molar-refractivity contribution in [3.63, 3.8) is 0 Å². The molecule has 0 atom stereocenters. The van der Waals surface area contributed by atoms with Gasteiger partial charge < -0.3 is 14.3 Å². The molecule has 3 aromatic rings. The van der Waals surface area contributed by atoms with Crippen LogP contribution in [0.3, 0.4) is 0 Å². The number of ether oxygens (including phenoxy) is 2. The molecule has 0 aliphatic heterocycles. The SMILES string of the molecule is CCOC(=O)c1c(CO/N=C\c2ccccc2OC(F)F)nc2ccccc2c1C. The number of para-hydroxylation sites is 2. The molecule has 0 aliphatic rings. The minimum atomic E-state index is -2.95. The number of nitrogens with zero attached hydrogens (tertiary/aromatic N) is 2. The van der Waals surface area contributed by atoms with Gasteiger partial charge in [0, 0.05) is 10.9 Å². The summed E-state index contributed by atoms with van der Waals surface area (Å²) in [6.07, 6.45) is 1.26. The molecule has 6 nitrogen and oxygen atoms in total. The number of esters is 1. The number of carbonyl (C=O) groups is 1. The van der Waals surface area contributed by atoms with Crippen LogP contribution in [0.15, 0.2) is 53.7 Å². The zero-order chi connectivity index (χ0) is 21.5. The van der Waals surface area contributed by atoms with Crippen LogP contribution in [0.4, 0.5) is 8.78 Å². The Kier molecular flexibility index (Phi) is 6.90. The zero-order valence-electron chi connectivity index (χ0n) is 16.5. The van der Waals surface area contributed by atoms with Crippen LogP contribution in [0.2, 0.25) is 0 Å². The Morgan fingerprint density at radius 2 is 1.90 bits per heavy atom. The lowest BCUT2D eigenvalue weighted by Crippen LogP contribution is -2.13. The number of aromatic nitrogens is 1. The molecule has 0 unspecified atom stereocenters. The Bertz CT molecular complexity index is 1070. The van der Waals surface area contributed by atoms with Crippen molar-refractivity contribution < 1.29 is 27.9 Å². The van der Waals surface area contributed by atoms with E-state index in [1.165, 1.54) is 12.3 Å². The Balaban J connectivity index is 1.85. The average molecular weight is 414 g/mol. The molecule has 0 fully saturated rings. The van der Waals surface area contributed by atoms with E-state index in [1.54, 1.807) is 25.1 Å². The number of aryl methyl sites for hydroxylation is 1. The molecule has 0 saturated carbocycles. The van der Waals surface area contributed by atoms with Crippen LogP contribution in [0.25, 0.3) is 10.9 Å². The van der Waals surface area contributed by atoms with E-state index in [4.69, 9.17) is 9.57 Å². The number of rotatable bonds is 8. The van der Waals surface area contributed by atoms with Crippen molar-refractivity contribution >= 4 is 23.1 Å². The molecule has 0 saturated heterocycles. The van der Waals surface area contributed by atoms with Gasteiger partial charge in [0.05, 0.1) is 29.6 Å². The molecular formula is C22H20F2N2O4. The van der Waals surface area contributed by atoms with Crippen LogP contribution in [0, 0.1) is 6.92 Å². The summed E-state index contributed by atoms with van der Waals surface area (Å²) in [5, 5.41) is 4.66. The van der Waals surface area contributed by atoms with Gasteiger partial charge in [0.25, 0.3) is 0 Å². The minimum Gasteiger partial charge on any atom is -0.462 e. The monoisotopic (exact) mass is 414 g/mol. The molecular weight excluding hydrogens is 394 g/mol. The Labute approximate surface area is 172 Å². The van der Waals surface area contributed by atoms with Gasteiger partial charge in [-0.3, -0.25) is 0 Å². The molecule has 156 valence electrons. The zero-order valence-corrected chi connectivity index (χ0v) is 16.5. The first kappa shape index (κ1) is 21.2. The fraction of sp³-hybridized carbons (Fsp3) is 0.227. The second kappa shape index (κ2) is 9.78. The van der Waals surface area contributed by atoms with Gasteiger partial charge in [0.2, 0.25) is 0 Å². The number of benzene rings is 2. The van der Waals surface area contributed by atoms with E-state index in [2.05, 4.69) is 14.9 Å². The van der Waals surface area contributed by atoms with Gasteiger partial charge in [-0.2, -0.15) is 8.78 Å². The van der Waals surface area contributed by atoms with Crippen LogP contribution in [0.1, 0.15) is 34.1 Å². The highest BCUT2D eigenvalue weighted by atomic mass is 19.3. The predicted molar refractivity (Wildman–Crippen MR) is 108 cm³/mol. The van der Waals surface area contributed by atoms with Crippen LogP contribution >= 0.6 is 0 Å². The lowest BCUT2D eigenvalue weighted by atomic mass is 10.0. The summed E-state index contributed by atoms with van der Waals surface area (Å²) in [6.45, 7) is 0.721. The highest BCUT2D eigenvalue weighted by Crippen LogP contribution is 2.24. The van der Waals surface area contributed by atoms with E-state index in [-0.39, 0.29) is 19.0 Å². The van der Waals surface area contributed by atoms with E-state index in [1.807, 2.05) is 31.2 Å². The number of carbonyl (C=O) groups excluding carboxylic acids is 1. The summed E-state index contributed by atoms with van der Waals surface area (Å²) >= 11 is 0. The quantitative estimate of drug-likeness (QED) is 0.299. The summed E-state index contributed by atoms with van der Waals surface area (Å²) in [7, 11) is 0. The van der Waals surface area contributed by atoms with E-state index in [0.717, 1.165) is 10.9 Å². The number of oxime groups is 1. The van der Waals surface area contributed by atoms with Crippen LogP contribution < -0.4 is 4.74 Å². The molecule has 2 aromatic carbocycles. The first-order valence-corrected chi connectivity index (χ1v) is 9.25. The van der Waals surface area contributed by atoms with Gasteiger partial charge in [-0.05, 0) is 37.6 Å². The maximum absolute atomic E-state index is 12.5. The maximum atomic E-state index is 12.5. The summed E-state index contributed by atoms with van der Waals surface area (Å²) in [4.78, 5) is 22.3. The first-order chi connectivity index (χ1) is 14.5. The lowest BCUT2D eigenvalue weighted by molar-refractivity contribution is -0.0499. The molecule has 0 N–H and O–H groups in total. The first-order valence-electron chi connectivity index (χ1n) is 9.25. The molecule has 0 aliphatic carbocycles. The van der Waals surface area contributed by atoms with Crippen LogP contribution in [0.5, 0.6) is 5.75 Å². The largest absolute Gasteiger partial charge is 0.462 e. The number of pyridine rings is 1. The number of alkyl halides is 2. The Hall–Kier alpha value is -3.55. The standard InChI is InChI=1S/C22H20F2N2O4/c1-3-28-21(27)20-14(2)16-9-5-6-10-17(16)26-18(20)13-29-25-12-15-8-4-7-11-19(15)30-22(23)24/h4-12,22H,3,13H2,1-2H3/b25-12-. The third-order valence-corrected chi connectivity index (χ3v) is 4.31. The van der Waals surface area contributed by atoms with E-state index in [0.29, 0.717) is 22.3 Å². The van der Waals surface area contributed by atoms with E-state index in [9.17, 15) is 13.6 Å². The molecule has 30 heavy (non-hydrogen) atoms. The molecule has 3 rings (SSSR count). The lowest BCUT2D eigenvalue weighted by Gasteiger charge is -2.13. The Morgan fingerprint density at radius 1 is 1.17 bits per heavy atom. The topological polar surface area (TPSA) is 70.0 Å².